The molecule has 0 unspecified atom stereocenters. The fraction of sp³-hybridized carbons (Fsp3) is 0.423. The minimum absolute atomic E-state index is 0.0796. The largest absolute Gasteiger partial charge is 0.496 e. The number of aromatic nitrogens is 5. The molecular weight excluding hydrogens is 543 g/mol. The fourth-order valence-corrected chi connectivity index (χ4v) is 5.75. The van der Waals surface area contributed by atoms with Crippen LogP contribution in [0.1, 0.15) is 38.8 Å². The van der Waals surface area contributed by atoms with Crippen LogP contribution in [0.5, 0.6) is 5.75 Å². The molecule has 0 aliphatic rings. The first-order chi connectivity index (χ1) is 18.8. The number of methoxy groups -OCH3 is 1. The normalized spacial score (nSPS) is 13.6. The van der Waals surface area contributed by atoms with Gasteiger partial charge in [-0.2, -0.15) is 10.2 Å². The van der Waals surface area contributed by atoms with Crippen molar-refractivity contribution in [2.45, 2.75) is 58.3 Å². The lowest BCUT2D eigenvalue weighted by Gasteiger charge is -2.31. The van der Waals surface area contributed by atoms with Gasteiger partial charge in [-0.25, -0.2) is 13.8 Å². The van der Waals surface area contributed by atoms with Crippen LogP contribution in [0, 0.1) is 12.7 Å². The summed E-state index contributed by atoms with van der Waals surface area (Å²) in [6.45, 7) is 6.51. The third kappa shape index (κ3) is 4.82. The number of amides is 1. The molecule has 0 spiro atoms. The van der Waals surface area contributed by atoms with Crippen LogP contribution >= 0.6 is 11.3 Å². The number of hydrogen-bond donors (Lipinski definition) is 3. The summed E-state index contributed by atoms with van der Waals surface area (Å²) >= 11 is 1.02. The Bertz CT molecular complexity index is 1690. The highest BCUT2D eigenvalue weighted by Gasteiger charge is 2.39. The number of aliphatic hydroxyl groups is 2. The monoisotopic (exact) mass is 574 g/mol. The van der Waals surface area contributed by atoms with Gasteiger partial charge in [-0.3, -0.25) is 14.2 Å². The van der Waals surface area contributed by atoms with Crippen LogP contribution in [0.15, 0.2) is 40.2 Å². The summed E-state index contributed by atoms with van der Waals surface area (Å²) < 4.78 is 21.5. The molecule has 0 saturated heterocycles. The average Bonchev–Trinajstić information content (AvgIpc) is 3.54. The smallest absolute Gasteiger partial charge is 0.333 e. The Kier molecular flexibility index (Phi) is 7.71. The number of carbonyl (C=O) groups excluding carboxylic acids is 1. The van der Waals surface area contributed by atoms with Crippen molar-refractivity contribution in [2.75, 3.05) is 13.7 Å². The zero-order valence-electron chi connectivity index (χ0n) is 22.9. The van der Waals surface area contributed by atoms with Gasteiger partial charge in [0.1, 0.15) is 32.5 Å². The Hall–Kier alpha value is -3.88. The topological polar surface area (TPSA) is 154 Å². The van der Waals surface area contributed by atoms with Crippen molar-refractivity contribution in [1.82, 2.24) is 29.4 Å². The van der Waals surface area contributed by atoms with Crippen molar-refractivity contribution in [2.24, 2.45) is 0 Å². The molecule has 3 N–H and O–H groups in total. The van der Waals surface area contributed by atoms with E-state index in [1.54, 1.807) is 20.8 Å². The van der Waals surface area contributed by atoms with E-state index in [9.17, 15) is 29.0 Å². The number of carbonyl (C=O) groups is 1. The van der Waals surface area contributed by atoms with Crippen LogP contribution in [-0.4, -0.2) is 60.0 Å². The number of aryl methyl sites for hydroxylation is 1. The number of halogens is 1. The van der Waals surface area contributed by atoms with E-state index in [4.69, 9.17) is 4.74 Å². The van der Waals surface area contributed by atoms with Crippen molar-refractivity contribution in [3.8, 4) is 10.8 Å². The number of benzene rings is 1. The number of fused-ring (bicyclic) bond motifs is 1. The van der Waals surface area contributed by atoms with Crippen molar-refractivity contribution < 1.29 is 24.1 Å². The first kappa shape index (κ1) is 29.1. The minimum Gasteiger partial charge on any atom is -0.496 e. The SMILES string of the molecule is COc1ccc(F)cc1[C@@](O)(CO)Cn1c(=O)n(C(C)(C)C(=O)NC(C)C)c(=O)c2c(C)c(-n3nccn3)sc21. The highest BCUT2D eigenvalue weighted by Crippen LogP contribution is 2.35. The number of nitrogens with zero attached hydrogens (tertiary/aromatic N) is 5. The predicted octanol–water partition coefficient (Wildman–Crippen LogP) is 1.40. The second-order valence-corrected chi connectivity index (χ2v) is 11.2. The molecule has 1 amide bonds. The van der Waals surface area contributed by atoms with Gasteiger partial charge < -0.3 is 20.3 Å². The highest BCUT2D eigenvalue weighted by atomic mass is 32.1. The van der Waals surface area contributed by atoms with E-state index in [0.29, 0.717) is 10.6 Å². The molecule has 0 aliphatic heterocycles. The molecule has 40 heavy (non-hydrogen) atoms. The quantitative estimate of drug-likeness (QED) is 0.271. The number of thiophene rings is 1. The van der Waals surface area contributed by atoms with Gasteiger partial charge >= 0.3 is 5.69 Å². The molecule has 4 aromatic rings. The maximum atomic E-state index is 14.3. The van der Waals surface area contributed by atoms with Crippen LogP contribution in [0.4, 0.5) is 4.39 Å². The molecule has 0 radical (unpaired) electrons. The van der Waals surface area contributed by atoms with Gasteiger partial charge in [0.05, 0.1) is 38.0 Å². The Morgan fingerprint density at radius 1 is 1.23 bits per heavy atom. The number of aliphatic hydroxyl groups excluding tert-OH is 1. The first-order valence-corrected chi connectivity index (χ1v) is 13.2. The molecule has 0 bridgehead atoms. The average molecular weight is 575 g/mol. The summed E-state index contributed by atoms with van der Waals surface area (Å²) in [6.07, 6.45) is 2.91. The van der Waals surface area contributed by atoms with Gasteiger partial charge in [0, 0.05) is 17.2 Å². The Balaban J connectivity index is 2.08. The van der Waals surface area contributed by atoms with Crippen molar-refractivity contribution in [1.29, 1.82) is 0 Å². The molecule has 0 fully saturated rings. The van der Waals surface area contributed by atoms with Crippen molar-refractivity contribution in [3.05, 3.63) is 68.4 Å². The van der Waals surface area contributed by atoms with Gasteiger partial charge in [0.2, 0.25) is 5.91 Å². The van der Waals surface area contributed by atoms with Crippen molar-refractivity contribution >= 4 is 27.5 Å². The zero-order chi connectivity index (χ0) is 29.6. The van der Waals surface area contributed by atoms with Crippen LogP contribution < -0.4 is 21.3 Å². The minimum atomic E-state index is -2.22. The van der Waals surface area contributed by atoms with E-state index in [-0.39, 0.29) is 27.6 Å². The second-order valence-electron chi connectivity index (χ2n) is 10.3. The lowest BCUT2D eigenvalue weighted by Crippen LogP contribution is -2.57. The summed E-state index contributed by atoms with van der Waals surface area (Å²) in [5.41, 5.74) is -5.17. The third-order valence-corrected chi connectivity index (χ3v) is 7.95. The number of rotatable bonds is 9. The maximum Gasteiger partial charge on any atom is 0.333 e. The summed E-state index contributed by atoms with van der Waals surface area (Å²) in [7, 11) is 1.32. The van der Waals surface area contributed by atoms with Gasteiger partial charge in [-0.15, -0.1) is 4.80 Å². The van der Waals surface area contributed by atoms with E-state index in [1.165, 1.54) is 44.2 Å². The van der Waals surface area contributed by atoms with Crippen LogP contribution in [0.2, 0.25) is 0 Å². The molecule has 1 aromatic carbocycles. The Morgan fingerprint density at radius 2 is 1.88 bits per heavy atom. The fourth-order valence-electron chi connectivity index (χ4n) is 4.54. The summed E-state index contributed by atoms with van der Waals surface area (Å²) in [5.74, 6) is -1.19. The zero-order valence-corrected chi connectivity index (χ0v) is 23.7. The molecule has 1 atom stereocenters. The van der Waals surface area contributed by atoms with Gasteiger partial charge in [-0.05, 0) is 52.8 Å². The molecular formula is C26H31FN6O6S. The summed E-state index contributed by atoms with van der Waals surface area (Å²) in [5, 5.41) is 33.6. The summed E-state index contributed by atoms with van der Waals surface area (Å²) in [4.78, 5) is 42.7. The third-order valence-electron chi connectivity index (χ3n) is 6.67. The van der Waals surface area contributed by atoms with Crippen molar-refractivity contribution in [3.63, 3.8) is 0 Å². The second kappa shape index (κ2) is 10.6. The van der Waals surface area contributed by atoms with E-state index in [0.717, 1.165) is 32.6 Å². The first-order valence-electron chi connectivity index (χ1n) is 12.4. The number of ether oxygens (including phenoxy) is 1. The van der Waals surface area contributed by atoms with Crippen LogP contribution in [0.3, 0.4) is 0 Å². The molecule has 0 aliphatic carbocycles. The maximum absolute atomic E-state index is 14.3. The lowest BCUT2D eigenvalue weighted by molar-refractivity contribution is -0.129. The molecule has 214 valence electrons. The predicted molar refractivity (Wildman–Crippen MR) is 147 cm³/mol. The van der Waals surface area contributed by atoms with Crippen LogP contribution in [0.25, 0.3) is 15.2 Å². The molecule has 12 nitrogen and oxygen atoms in total. The molecule has 4 rings (SSSR count). The van der Waals surface area contributed by atoms with Crippen LogP contribution in [-0.2, 0) is 22.5 Å². The lowest BCUT2D eigenvalue weighted by atomic mass is 9.93. The van der Waals surface area contributed by atoms with E-state index in [2.05, 4.69) is 15.5 Å². The molecule has 3 heterocycles. The Morgan fingerprint density at radius 3 is 2.45 bits per heavy atom. The molecule has 14 heteroatoms. The van der Waals surface area contributed by atoms with Gasteiger partial charge in [-0.1, -0.05) is 11.3 Å². The van der Waals surface area contributed by atoms with Gasteiger partial charge in [0.15, 0.2) is 0 Å². The summed E-state index contributed by atoms with van der Waals surface area (Å²) in [6, 6.07) is 3.16. The molecule has 3 aromatic heterocycles. The standard InChI is InChI=1S/C26H31FN6O6S/c1-14(2)30-23(36)25(4,5)32-20(35)19-15(3)21(33-28-9-10-29-33)40-22(19)31(24(32)37)12-26(38,13-34)17-11-16(27)7-8-18(17)39-6/h7-11,14,34,38H,12-13H2,1-6H3,(H,30,36)/t26-/m0/s1. The molecule has 0 saturated carbocycles. The highest BCUT2D eigenvalue weighted by molar-refractivity contribution is 7.21. The van der Waals surface area contributed by atoms with Gasteiger partial charge in [0.25, 0.3) is 5.56 Å². The number of nitrogens with one attached hydrogen (secondary N) is 1. The Labute approximate surface area is 232 Å². The van der Waals surface area contributed by atoms with E-state index in [1.807, 2.05) is 0 Å². The number of hydrogen-bond acceptors (Lipinski definition) is 9. The van der Waals surface area contributed by atoms with E-state index >= 15 is 0 Å². The van der Waals surface area contributed by atoms with E-state index < -0.39 is 47.3 Å².